The van der Waals surface area contributed by atoms with Gasteiger partial charge in [-0.15, -0.1) is 0 Å². The molecule has 2 N–H and O–H groups in total. The molecule has 0 aromatic heterocycles. The summed E-state index contributed by atoms with van der Waals surface area (Å²) in [4.78, 5) is 14.4. The van der Waals surface area contributed by atoms with Gasteiger partial charge in [0.15, 0.2) is 0 Å². The first-order chi connectivity index (χ1) is 10.1. The van der Waals surface area contributed by atoms with Crippen LogP contribution in [0.15, 0.2) is 29.8 Å². The van der Waals surface area contributed by atoms with Crippen LogP contribution >= 0.6 is 0 Å². The van der Waals surface area contributed by atoms with Gasteiger partial charge in [-0.2, -0.15) is 0 Å². The molecule has 1 amide bonds. The lowest BCUT2D eigenvalue weighted by Crippen LogP contribution is -2.34. The summed E-state index contributed by atoms with van der Waals surface area (Å²) >= 11 is 0. The molecule has 0 bridgehead atoms. The fraction of sp³-hybridized carbons (Fsp3) is 0.471. The summed E-state index contributed by atoms with van der Waals surface area (Å²) in [7, 11) is 0. The Labute approximate surface area is 126 Å². The quantitative estimate of drug-likeness (QED) is 0.669. The van der Waals surface area contributed by atoms with E-state index in [0.29, 0.717) is 25.3 Å². The molecule has 0 unspecified atom stereocenters. The number of carbonyl (C=O) groups is 1. The molecule has 1 heterocycles. The molecule has 0 fully saturated rings. The number of aryl methyl sites for hydroxylation is 1. The molecule has 4 nitrogen and oxygen atoms in total. The molecule has 4 heteroatoms. The molecule has 2 rings (SSSR count). The van der Waals surface area contributed by atoms with Crippen molar-refractivity contribution in [3.8, 4) is 5.75 Å². The lowest BCUT2D eigenvalue weighted by atomic mass is 10.1. The zero-order chi connectivity index (χ0) is 15.2. The second kappa shape index (κ2) is 7.27. The number of benzene rings is 1. The Bertz CT molecular complexity index is 538. The lowest BCUT2D eigenvalue weighted by molar-refractivity contribution is 0.0768. The molecule has 0 aliphatic carbocycles. The minimum atomic E-state index is 0.0717. The van der Waals surface area contributed by atoms with Crippen molar-refractivity contribution in [2.45, 2.75) is 26.7 Å². The van der Waals surface area contributed by atoms with Crippen LogP contribution in [-0.4, -0.2) is 37.0 Å². The summed E-state index contributed by atoms with van der Waals surface area (Å²) in [5.74, 6) is 0.848. The minimum Gasteiger partial charge on any atom is -0.493 e. The van der Waals surface area contributed by atoms with Crippen molar-refractivity contribution in [3.63, 3.8) is 0 Å². The topological polar surface area (TPSA) is 55.6 Å². The molecule has 0 saturated carbocycles. The Kier molecular flexibility index (Phi) is 5.39. The van der Waals surface area contributed by atoms with Crippen LogP contribution in [0, 0.1) is 6.92 Å². The highest BCUT2D eigenvalue weighted by Crippen LogP contribution is 2.22. The Balaban J connectivity index is 2.09. The van der Waals surface area contributed by atoms with E-state index in [4.69, 9.17) is 10.5 Å². The third-order valence-electron chi connectivity index (χ3n) is 3.76. The average molecular weight is 288 g/mol. The number of nitrogens with two attached hydrogens (primary N) is 1. The van der Waals surface area contributed by atoms with Gasteiger partial charge in [-0.25, -0.2) is 0 Å². The second-order valence-corrected chi connectivity index (χ2v) is 5.52. The SMILES string of the molecule is CC1=CCN(C(=O)c2ccc(C)c(OCCCN)c2)CC1. The van der Waals surface area contributed by atoms with Crippen LogP contribution in [-0.2, 0) is 0 Å². The average Bonchev–Trinajstić information content (AvgIpc) is 2.49. The third kappa shape index (κ3) is 4.08. The molecule has 1 aromatic rings. The van der Waals surface area contributed by atoms with E-state index in [1.165, 1.54) is 5.57 Å². The van der Waals surface area contributed by atoms with Crippen LogP contribution in [0.3, 0.4) is 0 Å². The van der Waals surface area contributed by atoms with E-state index in [-0.39, 0.29) is 5.91 Å². The van der Waals surface area contributed by atoms with Crippen molar-refractivity contribution < 1.29 is 9.53 Å². The van der Waals surface area contributed by atoms with E-state index in [0.717, 1.165) is 30.7 Å². The van der Waals surface area contributed by atoms with Crippen LogP contribution < -0.4 is 10.5 Å². The van der Waals surface area contributed by atoms with Crippen LogP contribution in [0.1, 0.15) is 35.7 Å². The standard InChI is InChI=1S/C17H24N2O2/c1-13-6-9-19(10-7-13)17(20)15-5-4-14(2)16(12-15)21-11-3-8-18/h4-6,12H,3,7-11,18H2,1-2H3. The normalized spacial score (nSPS) is 14.8. The summed E-state index contributed by atoms with van der Waals surface area (Å²) in [6.45, 7) is 6.77. The van der Waals surface area contributed by atoms with Crippen molar-refractivity contribution in [1.29, 1.82) is 0 Å². The van der Waals surface area contributed by atoms with Gasteiger partial charge >= 0.3 is 0 Å². The zero-order valence-electron chi connectivity index (χ0n) is 12.9. The maximum Gasteiger partial charge on any atom is 0.254 e. The first-order valence-corrected chi connectivity index (χ1v) is 7.50. The van der Waals surface area contributed by atoms with Gasteiger partial charge < -0.3 is 15.4 Å². The molecule has 0 spiro atoms. The number of amides is 1. The summed E-state index contributed by atoms with van der Waals surface area (Å²) in [5.41, 5.74) is 8.56. The van der Waals surface area contributed by atoms with Crippen molar-refractivity contribution in [3.05, 3.63) is 41.0 Å². The highest BCUT2D eigenvalue weighted by molar-refractivity contribution is 5.95. The van der Waals surface area contributed by atoms with Gasteiger partial charge in [-0.1, -0.05) is 17.7 Å². The summed E-state index contributed by atoms with van der Waals surface area (Å²) in [5, 5.41) is 0. The fourth-order valence-corrected chi connectivity index (χ4v) is 2.29. The van der Waals surface area contributed by atoms with E-state index in [1.54, 1.807) is 0 Å². The fourth-order valence-electron chi connectivity index (χ4n) is 2.29. The van der Waals surface area contributed by atoms with Crippen LogP contribution in [0.2, 0.25) is 0 Å². The maximum absolute atomic E-state index is 12.5. The molecule has 0 radical (unpaired) electrons. The van der Waals surface area contributed by atoms with E-state index in [9.17, 15) is 4.79 Å². The van der Waals surface area contributed by atoms with E-state index in [1.807, 2.05) is 30.0 Å². The van der Waals surface area contributed by atoms with E-state index < -0.39 is 0 Å². The Morgan fingerprint density at radius 1 is 1.38 bits per heavy atom. The predicted molar refractivity (Wildman–Crippen MR) is 84.6 cm³/mol. The van der Waals surface area contributed by atoms with Gasteiger partial charge in [0.2, 0.25) is 0 Å². The molecule has 1 aliphatic rings. The number of hydrogen-bond donors (Lipinski definition) is 1. The van der Waals surface area contributed by atoms with Gasteiger partial charge in [0, 0.05) is 18.7 Å². The predicted octanol–water partition coefficient (Wildman–Crippen LogP) is 2.51. The molecule has 21 heavy (non-hydrogen) atoms. The summed E-state index contributed by atoms with van der Waals surface area (Å²) < 4.78 is 5.71. The Hall–Kier alpha value is -1.81. The van der Waals surface area contributed by atoms with Gasteiger partial charge in [0.1, 0.15) is 5.75 Å². The number of nitrogens with zero attached hydrogens (tertiary/aromatic N) is 1. The molecule has 0 atom stereocenters. The number of carbonyl (C=O) groups excluding carboxylic acids is 1. The number of ether oxygens (including phenoxy) is 1. The number of rotatable bonds is 5. The third-order valence-corrected chi connectivity index (χ3v) is 3.76. The van der Waals surface area contributed by atoms with Gasteiger partial charge in [0.05, 0.1) is 6.61 Å². The molecule has 114 valence electrons. The van der Waals surface area contributed by atoms with Crippen LogP contribution in [0.5, 0.6) is 5.75 Å². The van der Waals surface area contributed by atoms with Gasteiger partial charge in [-0.3, -0.25) is 4.79 Å². The first kappa shape index (κ1) is 15.6. The molecular weight excluding hydrogens is 264 g/mol. The largest absolute Gasteiger partial charge is 0.493 e. The van der Waals surface area contributed by atoms with Crippen molar-refractivity contribution in [1.82, 2.24) is 4.90 Å². The summed E-state index contributed by atoms with van der Waals surface area (Å²) in [6, 6.07) is 5.66. The number of hydrogen-bond acceptors (Lipinski definition) is 3. The maximum atomic E-state index is 12.5. The van der Waals surface area contributed by atoms with Crippen LogP contribution in [0.25, 0.3) is 0 Å². The van der Waals surface area contributed by atoms with Crippen LogP contribution in [0.4, 0.5) is 0 Å². The van der Waals surface area contributed by atoms with Gasteiger partial charge in [0.25, 0.3) is 5.91 Å². The second-order valence-electron chi connectivity index (χ2n) is 5.52. The Morgan fingerprint density at radius 3 is 2.86 bits per heavy atom. The van der Waals surface area contributed by atoms with Gasteiger partial charge in [-0.05, 0) is 50.9 Å². The lowest BCUT2D eigenvalue weighted by Gasteiger charge is -2.25. The molecular formula is C17H24N2O2. The monoisotopic (exact) mass is 288 g/mol. The minimum absolute atomic E-state index is 0.0717. The van der Waals surface area contributed by atoms with Crippen molar-refractivity contribution >= 4 is 5.91 Å². The van der Waals surface area contributed by atoms with Crippen molar-refractivity contribution in [2.75, 3.05) is 26.2 Å². The van der Waals surface area contributed by atoms with Crippen molar-refractivity contribution in [2.24, 2.45) is 5.73 Å². The van der Waals surface area contributed by atoms with E-state index >= 15 is 0 Å². The molecule has 1 aromatic carbocycles. The highest BCUT2D eigenvalue weighted by Gasteiger charge is 2.18. The Morgan fingerprint density at radius 2 is 2.19 bits per heavy atom. The molecule has 1 aliphatic heterocycles. The zero-order valence-corrected chi connectivity index (χ0v) is 12.9. The summed E-state index contributed by atoms with van der Waals surface area (Å²) in [6.07, 6.45) is 3.89. The smallest absolute Gasteiger partial charge is 0.254 e. The first-order valence-electron chi connectivity index (χ1n) is 7.50. The van der Waals surface area contributed by atoms with E-state index in [2.05, 4.69) is 13.0 Å². The molecule has 0 saturated heterocycles. The highest BCUT2D eigenvalue weighted by atomic mass is 16.5.